The lowest BCUT2D eigenvalue weighted by atomic mass is 9.94. The lowest BCUT2D eigenvalue weighted by Gasteiger charge is -2.23. The van der Waals surface area contributed by atoms with Gasteiger partial charge in [0.2, 0.25) is 5.69 Å². The predicted molar refractivity (Wildman–Crippen MR) is 234 cm³/mol. The molecule has 2 heterocycles. The molecule has 10 rings (SSSR count). The third-order valence-corrected chi connectivity index (χ3v) is 11.3. The van der Waals surface area contributed by atoms with E-state index in [9.17, 15) is 0 Å². The number of halogens is 3. The highest BCUT2D eigenvalue weighted by atomic mass is 19.4. The molecule has 0 N–H and O–H groups in total. The van der Waals surface area contributed by atoms with Crippen LogP contribution in [0.25, 0.3) is 98.1 Å². The van der Waals surface area contributed by atoms with Crippen LogP contribution >= 0.6 is 0 Å². The van der Waals surface area contributed by atoms with Gasteiger partial charge in [0.25, 0.3) is 0 Å². The Bertz CT molecular complexity index is 3390. The molecule has 0 aliphatic carbocycles. The Morgan fingerprint density at radius 3 is 1.63 bits per heavy atom. The van der Waals surface area contributed by atoms with Crippen LogP contribution in [0.5, 0.6) is 0 Å². The van der Waals surface area contributed by atoms with Gasteiger partial charge in [-0.3, -0.25) is 0 Å². The number of aromatic nitrogens is 2. The van der Waals surface area contributed by atoms with Gasteiger partial charge in [-0.25, -0.2) is 9.69 Å². The molecule has 8 aromatic carbocycles. The Labute approximate surface area is 337 Å². The zero-order valence-electron chi connectivity index (χ0n) is 31.6. The van der Waals surface area contributed by atoms with Crippen LogP contribution in [0.1, 0.15) is 11.1 Å². The van der Waals surface area contributed by atoms with Crippen LogP contribution in [0, 0.1) is 20.1 Å². The quantitative estimate of drug-likeness (QED) is 0.155. The van der Waals surface area contributed by atoms with Crippen LogP contribution in [0.15, 0.2) is 170 Å². The number of rotatable bonds is 5. The molecule has 0 fully saturated rings. The van der Waals surface area contributed by atoms with Crippen molar-refractivity contribution in [1.29, 1.82) is 0 Å². The first-order valence-electron chi connectivity index (χ1n) is 19.1. The van der Waals surface area contributed by atoms with Crippen molar-refractivity contribution in [1.82, 2.24) is 9.13 Å². The summed E-state index contributed by atoms with van der Waals surface area (Å²) >= 11 is 0. The minimum atomic E-state index is -4.78. The summed E-state index contributed by atoms with van der Waals surface area (Å²) in [7, 11) is 0. The average Bonchev–Trinajstić information content (AvgIpc) is 3.77. The zero-order chi connectivity index (χ0) is 40.4. The van der Waals surface area contributed by atoms with Gasteiger partial charge in [-0.1, -0.05) is 133 Å². The van der Waals surface area contributed by atoms with Gasteiger partial charge in [0.1, 0.15) is 0 Å². The fourth-order valence-corrected chi connectivity index (χ4v) is 8.62. The van der Waals surface area contributed by atoms with E-state index in [1.54, 1.807) is 12.1 Å². The molecule has 2 aromatic heterocycles. The predicted octanol–water partition coefficient (Wildman–Crippen LogP) is 15.3. The van der Waals surface area contributed by atoms with Gasteiger partial charge in [0.05, 0.1) is 52.1 Å². The maximum atomic E-state index is 15.1. The molecule has 280 valence electrons. The molecule has 0 spiro atoms. The Kier molecular flexibility index (Phi) is 8.23. The topological polar surface area (TPSA) is 18.6 Å². The number of aryl methyl sites for hydroxylation is 1. The van der Waals surface area contributed by atoms with Gasteiger partial charge in [-0.15, -0.1) is 0 Å². The summed E-state index contributed by atoms with van der Waals surface area (Å²) < 4.78 is 49.2. The van der Waals surface area contributed by atoms with E-state index in [0.717, 1.165) is 66.4 Å². The highest BCUT2D eigenvalue weighted by Gasteiger charge is 2.36. The van der Waals surface area contributed by atoms with Crippen molar-refractivity contribution < 1.29 is 13.2 Å². The fraction of sp³-hybridized carbons (Fsp3) is 0.0385. The highest BCUT2D eigenvalue weighted by Crippen LogP contribution is 2.50. The van der Waals surface area contributed by atoms with Gasteiger partial charge in [0, 0.05) is 27.1 Å². The number of hydrogen-bond donors (Lipinski definition) is 0. The van der Waals surface area contributed by atoms with Gasteiger partial charge in [-0.05, 0) is 77.2 Å². The molecule has 10 aromatic rings. The van der Waals surface area contributed by atoms with E-state index in [2.05, 4.69) is 65.1 Å². The molecule has 4 nitrogen and oxygen atoms in total. The summed E-state index contributed by atoms with van der Waals surface area (Å²) in [6.45, 7) is 19.0. The van der Waals surface area contributed by atoms with E-state index < -0.39 is 11.7 Å². The van der Waals surface area contributed by atoms with Crippen LogP contribution in [0.4, 0.5) is 24.5 Å². The summed E-state index contributed by atoms with van der Waals surface area (Å²) in [5, 5.41) is 3.70. The standard InChI is InChI=1S/C52H31F3N4/c1-32-20-22-34(23-21-32)36-24-27-46-40(31-36)37-14-7-9-18-44(37)58(46)48-29-26-39(49-42(52(53,54)55)16-11-17-43(49)56-2)51(50(48)57-3)59-45-19-10-8-15-38(45)41-30-35(25-28-47(41)59)33-12-5-4-6-13-33/h4-31H,1H3. The van der Waals surface area contributed by atoms with Gasteiger partial charge < -0.3 is 9.13 Å². The molecular weight excluding hydrogens is 738 g/mol. The van der Waals surface area contributed by atoms with Crippen molar-refractivity contribution in [3.63, 3.8) is 0 Å². The van der Waals surface area contributed by atoms with E-state index in [-0.39, 0.29) is 28.2 Å². The normalized spacial score (nSPS) is 11.7. The Balaban J connectivity index is 1.34. The lowest BCUT2D eigenvalue weighted by Crippen LogP contribution is -2.09. The Morgan fingerprint density at radius 1 is 0.475 bits per heavy atom. The van der Waals surface area contributed by atoms with Crippen LogP contribution in [-0.4, -0.2) is 9.13 Å². The molecule has 0 saturated heterocycles. The van der Waals surface area contributed by atoms with Gasteiger partial charge >= 0.3 is 6.18 Å². The molecule has 0 aliphatic rings. The second kappa shape index (κ2) is 13.7. The average molecular weight is 769 g/mol. The summed E-state index contributed by atoms with van der Waals surface area (Å²) in [4.78, 5) is 7.85. The fourth-order valence-electron chi connectivity index (χ4n) is 8.62. The van der Waals surface area contributed by atoms with Crippen LogP contribution in [0.2, 0.25) is 0 Å². The maximum absolute atomic E-state index is 15.1. The molecule has 0 amide bonds. The lowest BCUT2D eigenvalue weighted by molar-refractivity contribution is -0.137. The number of benzene rings is 8. The van der Waals surface area contributed by atoms with Gasteiger partial charge in [-0.2, -0.15) is 13.2 Å². The second-order valence-electron chi connectivity index (χ2n) is 14.7. The summed E-state index contributed by atoms with van der Waals surface area (Å²) in [5.41, 5.74) is 8.10. The third-order valence-electron chi connectivity index (χ3n) is 11.3. The minimum Gasteiger partial charge on any atom is -0.319 e. The SMILES string of the molecule is [C-]#[N+]c1cccc(C(F)(F)F)c1-c1ccc(-n2c3ccccc3c3cc(-c4ccc(C)cc4)ccc32)c([N+]#[C-])c1-n1c2ccccc2c2cc(-c3ccccc3)ccc21. The molecule has 0 unspecified atom stereocenters. The highest BCUT2D eigenvalue weighted by molar-refractivity contribution is 6.14. The number of hydrogen-bond acceptors (Lipinski definition) is 0. The first-order valence-corrected chi connectivity index (χ1v) is 19.1. The largest absolute Gasteiger partial charge is 0.415 e. The van der Waals surface area contributed by atoms with E-state index in [4.69, 9.17) is 13.1 Å². The van der Waals surface area contributed by atoms with Crippen LogP contribution in [-0.2, 0) is 6.18 Å². The molecule has 7 heteroatoms. The van der Waals surface area contributed by atoms with Crippen molar-refractivity contribution in [2.75, 3.05) is 0 Å². The molecule has 0 radical (unpaired) electrons. The number of nitrogens with zero attached hydrogens (tertiary/aromatic N) is 4. The molecular formula is C52H31F3N4. The second-order valence-corrected chi connectivity index (χ2v) is 14.7. The summed E-state index contributed by atoms with van der Waals surface area (Å²) in [6, 6.07) is 53.5. The van der Waals surface area contributed by atoms with E-state index in [1.165, 1.54) is 17.7 Å². The van der Waals surface area contributed by atoms with E-state index in [0.29, 0.717) is 11.2 Å². The summed E-state index contributed by atoms with van der Waals surface area (Å²) in [5.74, 6) is 0. The van der Waals surface area contributed by atoms with Crippen LogP contribution < -0.4 is 0 Å². The van der Waals surface area contributed by atoms with Crippen molar-refractivity contribution in [3.8, 4) is 44.8 Å². The van der Waals surface area contributed by atoms with Crippen molar-refractivity contribution in [2.24, 2.45) is 0 Å². The van der Waals surface area contributed by atoms with Crippen LogP contribution in [0.3, 0.4) is 0 Å². The van der Waals surface area contributed by atoms with Crippen molar-refractivity contribution >= 4 is 55.0 Å². The smallest absolute Gasteiger partial charge is 0.319 e. The van der Waals surface area contributed by atoms with E-state index >= 15 is 13.2 Å². The third kappa shape index (κ3) is 5.67. The maximum Gasteiger partial charge on any atom is 0.415 e. The van der Waals surface area contributed by atoms with Crippen molar-refractivity contribution in [3.05, 3.63) is 204 Å². The zero-order valence-corrected chi connectivity index (χ0v) is 31.6. The Morgan fingerprint density at radius 2 is 1.02 bits per heavy atom. The first kappa shape index (κ1) is 35.5. The Hall–Kier alpha value is -7.87. The molecule has 0 aliphatic heterocycles. The summed E-state index contributed by atoms with van der Waals surface area (Å²) in [6.07, 6.45) is -4.78. The number of fused-ring (bicyclic) bond motifs is 6. The molecule has 0 bridgehead atoms. The monoisotopic (exact) mass is 768 g/mol. The number of para-hydroxylation sites is 2. The van der Waals surface area contributed by atoms with Crippen molar-refractivity contribution in [2.45, 2.75) is 13.1 Å². The minimum absolute atomic E-state index is 0.135. The molecule has 0 atom stereocenters. The first-order chi connectivity index (χ1) is 28.7. The molecule has 59 heavy (non-hydrogen) atoms. The van der Waals surface area contributed by atoms with E-state index in [1.807, 2.05) is 100 Å². The molecule has 0 saturated carbocycles. The number of alkyl halides is 3. The van der Waals surface area contributed by atoms with Gasteiger partial charge in [0.15, 0.2) is 5.69 Å².